The molecule has 0 aliphatic carbocycles. The lowest BCUT2D eigenvalue weighted by atomic mass is 9.87. The van der Waals surface area contributed by atoms with Crippen molar-refractivity contribution in [2.24, 2.45) is 5.92 Å². The second kappa shape index (κ2) is 7.64. The number of phenols is 1. The highest BCUT2D eigenvalue weighted by molar-refractivity contribution is 8.18. The molecule has 1 aromatic rings. The first kappa shape index (κ1) is 16.8. The summed E-state index contributed by atoms with van der Waals surface area (Å²) in [7, 11) is 0. The lowest BCUT2D eigenvalue weighted by Crippen LogP contribution is -2.33. The molecule has 1 fully saturated rings. The van der Waals surface area contributed by atoms with Crippen molar-refractivity contribution < 1.29 is 5.11 Å². The number of thioether (sulfide) groups is 2. The first-order valence-electron chi connectivity index (χ1n) is 7.76. The Hall–Kier alpha value is -0.540. The van der Waals surface area contributed by atoms with Crippen LogP contribution >= 0.6 is 23.5 Å². The van der Waals surface area contributed by atoms with Crippen molar-refractivity contribution >= 4 is 23.5 Å². The minimum Gasteiger partial charge on any atom is -0.508 e. The highest BCUT2D eigenvalue weighted by atomic mass is 32.2. The molecule has 0 bridgehead atoms. The molecule has 2 rings (SSSR count). The summed E-state index contributed by atoms with van der Waals surface area (Å²) in [6, 6.07) is 7.78. The second-order valence-corrected chi connectivity index (χ2v) is 9.11. The molecule has 1 aliphatic heterocycles. The highest BCUT2D eigenvalue weighted by Crippen LogP contribution is 2.53. The summed E-state index contributed by atoms with van der Waals surface area (Å²) in [5, 5.41) is 10.2. The normalized spacial score (nSPS) is 19.4. The van der Waals surface area contributed by atoms with Gasteiger partial charge in [0.25, 0.3) is 0 Å². The Morgan fingerprint density at radius 3 is 2.52 bits per heavy atom. The summed E-state index contributed by atoms with van der Waals surface area (Å²) in [4.78, 5) is 0. The number of benzene rings is 1. The number of allylic oxidation sites excluding steroid dienone is 1. The lowest BCUT2D eigenvalue weighted by molar-refractivity contribution is 0.440. The Bertz CT molecular complexity index is 464. The van der Waals surface area contributed by atoms with Crippen molar-refractivity contribution in [1.82, 2.24) is 0 Å². The molecule has 1 unspecified atom stereocenters. The third kappa shape index (κ3) is 4.01. The van der Waals surface area contributed by atoms with Crippen LogP contribution in [0.15, 0.2) is 36.9 Å². The molecule has 1 heterocycles. The van der Waals surface area contributed by atoms with Crippen molar-refractivity contribution in [3.63, 3.8) is 0 Å². The third-order valence-electron chi connectivity index (χ3n) is 4.22. The van der Waals surface area contributed by atoms with Gasteiger partial charge in [0.15, 0.2) is 0 Å². The van der Waals surface area contributed by atoms with Crippen LogP contribution in [0.2, 0.25) is 0 Å². The summed E-state index contributed by atoms with van der Waals surface area (Å²) in [5.41, 5.74) is 1.07. The largest absolute Gasteiger partial charge is 0.508 e. The SMILES string of the molecule is C=CCC(CC1(C(C)C)SCCCS1)c1ccccc1O. The average Bonchev–Trinajstić information content (AvgIpc) is 2.48. The van der Waals surface area contributed by atoms with Crippen molar-refractivity contribution in [3.05, 3.63) is 42.5 Å². The Morgan fingerprint density at radius 1 is 1.29 bits per heavy atom. The fourth-order valence-electron chi connectivity index (χ4n) is 2.97. The van der Waals surface area contributed by atoms with Gasteiger partial charge in [0.05, 0.1) is 4.08 Å². The van der Waals surface area contributed by atoms with E-state index < -0.39 is 0 Å². The number of hydrogen-bond donors (Lipinski definition) is 1. The van der Waals surface area contributed by atoms with Crippen LogP contribution in [0, 0.1) is 5.92 Å². The predicted octanol–water partition coefficient (Wildman–Crippen LogP) is 5.66. The molecular formula is C18H26OS2. The Balaban J connectivity index is 2.25. The maximum absolute atomic E-state index is 10.2. The zero-order valence-electron chi connectivity index (χ0n) is 13.0. The van der Waals surface area contributed by atoms with Crippen LogP contribution in [0.1, 0.15) is 44.6 Å². The van der Waals surface area contributed by atoms with E-state index in [1.165, 1.54) is 17.9 Å². The molecule has 1 saturated heterocycles. The first-order valence-corrected chi connectivity index (χ1v) is 9.73. The van der Waals surface area contributed by atoms with E-state index in [-0.39, 0.29) is 4.08 Å². The zero-order chi connectivity index (χ0) is 15.3. The van der Waals surface area contributed by atoms with Gasteiger partial charge in [0.1, 0.15) is 5.75 Å². The van der Waals surface area contributed by atoms with Crippen molar-refractivity contribution in [3.8, 4) is 5.75 Å². The fraction of sp³-hybridized carbons (Fsp3) is 0.556. The summed E-state index contributed by atoms with van der Waals surface area (Å²) in [5.74, 6) is 3.92. The van der Waals surface area contributed by atoms with Gasteiger partial charge < -0.3 is 5.11 Å². The zero-order valence-corrected chi connectivity index (χ0v) is 14.7. The van der Waals surface area contributed by atoms with Crippen LogP contribution in [0.3, 0.4) is 0 Å². The number of phenolic OH excluding ortho intramolecular Hbond substituents is 1. The van der Waals surface area contributed by atoms with Gasteiger partial charge >= 0.3 is 0 Å². The molecule has 0 radical (unpaired) electrons. The maximum Gasteiger partial charge on any atom is 0.119 e. The van der Waals surface area contributed by atoms with Gasteiger partial charge in [-0.2, -0.15) is 0 Å². The number of hydrogen-bond acceptors (Lipinski definition) is 3. The molecule has 1 atom stereocenters. The van der Waals surface area contributed by atoms with Crippen LogP contribution < -0.4 is 0 Å². The average molecular weight is 323 g/mol. The van der Waals surface area contributed by atoms with Gasteiger partial charge in [-0.3, -0.25) is 0 Å². The summed E-state index contributed by atoms with van der Waals surface area (Å²) in [6.45, 7) is 8.59. The number of para-hydroxylation sites is 1. The predicted molar refractivity (Wildman–Crippen MR) is 97.4 cm³/mol. The van der Waals surface area contributed by atoms with Crippen LogP contribution in [0.25, 0.3) is 0 Å². The number of aromatic hydroxyl groups is 1. The molecule has 1 aliphatic rings. The minimum absolute atomic E-state index is 0.272. The van der Waals surface area contributed by atoms with Gasteiger partial charge in [-0.05, 0) is 54.2 Å². The Kier molecular flexibility index (Phi) is 6.12. The van der Waals surface area contributed by atoms with Crippen LogP contribution in [0.4, 0.5) is 0 Å². The molecule has 0 aromatic heterocycles. The summed E-state index contributed by atoms with van der Waals surface area (Å²) >= 11 is 4.24. The summed E-state index contributed by atoms with van der Waals surface area (Å²) < 4.78 is 0.272. The smallest absolute Gasteiger partial charge is 0.119 e. The third-order valence-corrected chi connectivity index (χ3v) is 8.17. The fourth-order valence-corrected chi connectivity index (χ4v) is 6.56. The van der Waals surface area contributed by atoms with Gasteiger partial charge in [0, 0.05) is 0 Å². The molecule has 1 aromatic carbocycles. The maximum atomic E-state index is 10.2. The van der Waals surface area contributed by atoms with Crippen LogP contribution in [-0.4, -0.2) is 20.7 Å². The summed E-state index contributed by atoms with van der Waals surface area (Å²) in [6.07, 6.45) is 5.33. The van der Waals surface area contributed by atoms with Gasteiger partial charge in [0.2, 0.25) is 0 Å². The van der Waals surface area contributed by atoms with Crippen LogP contribution in [-0.2, 0) is 0 Å². The van der Waals surface area contributed by atoms with E-state index in [1.807, 2.05) is 18.2 Å². The number of rotatable bonds is 6. The van der Waals surface area contributed by atoms with Gasteiger partial charge in [-0.15, -0.1) is 30.1 Å². The van der Waals surface area contributed by atoms with Gasteiger partial charge in [-0.1, -0.05) is 38.1 Å². The molecule has 116 valence electrons. The Morgan fingerprint density at radius 2 is 1.95 bits per heavy atom. The topological polar surface area (TPSA) is 20.2 Å². The quantitative estimate of drug-likeness (QED) is 0.682. The molecule has 21 heavy (non-hydrogen) atoms. The first-order chi connectivity index (χ1) is 10.1. The monoisotopic (exact) mass is 322 g/mol. The highest BCUT2D eigenvalue weighted by Gasteiger charge is 2.39. The van der Waals surface area contributed by atoms with Gasteiger partial charge in [-0.25, -0.2) is 0 Å². The molecule has 0 spiro atoms. The van der Waals surface area contributed by atoms with E-state index in [0.29, 0.717) is 17.6 Å². The van der Waals surface area contributed by atoms with Crippen molar-refractivity contribution in [1.29, 1.82) is 0 Å². The Labute approximate surface area is 137 Å². The van der Waals surface area contributed by atoms with E-state index in [1.54, 1.807) is 6.07 Å². The van der Waals surface area contributed by atoms with E-state index >= 15 is 0 Å². The molecule has 0 amide bonds. The van der Waals surface area contributed by atoms with Crippen LogP contribution in [0.5, 0.6) is 5.75 Å². The molecular weight excluding hydrogens is 296 g/mol. The second-order valence-electron chi connectivity index (χ2n) is 6.00. The standard InChI is InChI=1S/C18H26OS2/c1-4-8-15(16-9-5-6-10-17(16)19)13-18(14(2)3)20-11-7-12-21-18/h4-6,9-10,14-15,19H,1,7-8,11-13H2,2-3H3. The molecule has 3 heteroatoms. The van der Waals surface area contributed by atoms with E-state index in [2.05, 4.69) is 50.0 Å². The molecule has 1 N–H and O–H groups in total. The van der Waals surface area contributed by atoms with E-state index in [4.69, 9.17) is 0 Å². The van der Waals surface area contributed by atoms with E-state index in [9.17, 15) is 5.11 Å². The minimum atomic E-state index is 0.272. The molecule has 1 nitrogen and oxygen atoms in total. The van der Waals surface area contributed by atoms with Crippen molar-refractivity contribution in [2.75, 3.05) is 11.5 Å². The molecule has 0 saturated carbocycles. The lowest BCUT2D eigenvalue weighted by Gasteiger charge is -2.42. The van der Waals surface area contributed by atoms with E-state index in [0.717, 1.165) is 18.4 Å². The van der Waals surface area contributed by atoms with Crippen molar-refractivity contribution in [2.45, 2.75) is 43.1 Å².